The molecule has 0 amide bonds. The molecule has 0 fully saturated rings. The molecule has 0 atom stereocenters. The number of hydrogen-bond donors (Lipinski definition) is 1. The molecule has 0 aliphatic carbocycles. The highest BCUT2D eigenvalue weighted by Gasteiger charge is 2.12. The Morgan fingerprint density at radius 2 is 1.85 bits per heavy atom. The molecule has 106 valence electrons. The summed E-state index contributed by atoms with van der Waals surface area (Å²) in [6.45, 7) is 4.48. The summed E-state index contributed by atoms with van der Waals surface area (Å²) in [5.41, 5.74) is 11.1. The smallest absolute Gasteiger partial charge is 0.119 e. The molecule has 2 aromatic rings. The van der Waals surface area contributed by atoms with Gasteiger partial charge in [-0.1, -0.05) is 0 Å². The van der Waals surface area contributed by atoms with Crippen LogP contribution >= 0.6 is 0 Å². The first-order valence-corrected chi connectivity index (χ1v) is 6.61. The van der Waals surface area contributed by atoms with Crippen LogP contribution in [0.25, 0.3) is 0 Å². The molecular weight excluding hydrogens is 250 g/mol. The third kappa shape index (κ3) is 2.75. The van der Waals surface area contributed by atoms with Gasteiger partial charge in [0, 0.05) is 41.9 Å². The zero-order valence-corrected chi connectivity index (χ0v) is 12.5. The summed E-state index contributed by atoms with van der Waals surface area (Å²) in [4.78, 5) is 6.61. The molecule has 0 spiro atoms. The van der Waals surface area contributed by atoms with E-state index in [0.29, 0.717) is 6.54 Å². The molecule has 20 heavy (non-hydrogen) atoms. The Bertz CT molecular complexity index is 593. The first kappa shape index (κ1) is 14.3. The van der Waals surface area contributed by atoms with Crippen molar-refractivity contribution in [2.24, 2.45) is 5.73 Å². The Labute approximate surface area is 120 Å². The van der Waals surface area contributed by atoms with Gasteiger partial charge in [0.25, 0.3) is 0 Å². The molecule has 2 N–H and O–H groups in total. The first-order chi connectivity index (χ1) is 9.56. The highest BCUT2D eigenvalue weighted by molar-refractivity contribution is 5.67. The minimum atomic E-state index is 0.481. The van der Waals surface area contributed by atoms with Crippen LogP contribution in [0.5, 0.6) is 5.75 Å². The molecule has 1 aromatic carbocycles. The van der Waals surface area contributed by atoms with Crippen LogP contribution in [-0.2, 0) is 6.54 Å². The normalized spacial score (nSPS) is 10.4. The minimum absolute atomic E-state index is 0.481. The lowest BCUT2D eigenvalue weighted by Gasteiger charge is -2.24. The molecule has 0 bridgehead atoms. The van der Waals surface area contributed by atoms with Crippen molar-refractivity contribution < 1.29 is 4.74 Å². The van der Waals surface area contributed by atoms with Crippen LogP contribution in [0.15, 0.2) is 30.3 Å². The Morgan fingerprint density at radius 3 is 2.40 bits per heavy atom. The van der Waals surface area contributed by atoms with E-state index in [4.69, 9.17) is 10.5 Å². The number of nitrogens with two attached hydrogens (primary N) is 1. The van der Waals surface area contributed by atoms with Crippen LogP contribution in [0, 0.1) is 13.8 Å². The third-order valence-electron chi connectivity index (χ3n) is 3.46. The SMILES string of the molecule is COc1ccc(N(C)c2cc(C)nc(C)c2CN)cc1. The molecule has 0 saturated carbocycles. The number of aryl methyl sites for hydroxylation is 2. The van der Waals surface area contributed by atoms with E-state index in [9.17, 15) is 0 Å². The van der Waals surface area contributed by atoms with Crippen molar-refractivity contribution in [3.63, 3.8) is 0 Å². The lowest BCUT2D eigenvalue weighted by atomic mass is 10.1. The quantitative estimate of drug-likeness (QED) is 0.929. The highest BCUT2D eigenvalue weighted by atomic mass is 16.5. The molecule has 4 heteroatoms. The van der Waals surface area contributed by atoms with E-state index >= 15 is 0 Å². The number of aromatic nitrogens is 1. The van der Waals surface area contributed by atoms with Crippen molar-refractivity contribution in [2.75, 3.05) is 19.1 Å². The van der Waals surface area contributed by atoms with E-state index in [1.807, 2.05) is 45.2 Å². The van der Waals surface area contributed by atoms with E-state index < -0.39 is 0 Å². The highest BCUT2D eigenvalue weighted by Crippen LogP contribution is 2.30. The fourth-order valence-electron chi connectivity index (χ4n) is 2.33. The van der Waals surface area contributed by atoms with Gasteiger partial charge in [-0.15, -0.1) is 0 Å². The van der Waals surface area contributed by atoms with Crippen molar-refractivity contribution in [1.82, 2.24) is 4.98 Å². The van der Waals surface area contributed by atoms with Crippen LogP contribution in [0.4, 0.5) is 11.4 Å². The standard InChI is InChI=1S/C16H21N3O/c1-11-9-16(15(10-17)12(2)18-11)19(3)13-5-7-14(20-4)8-6-13/h5-9H,10,17H2,1-4H3. The summed E-state index contributed by atoms with van der Waals surface area (Å²) in [5.74, 6) is 0.850. The van der Waals surface area contributed by atoms with E-state index in [1.54, 1.807) is 7.11 Å². The van der Waals surface area contributed by atoms with Crippen molar-refractivity contribution in [2.45, 2.75) is 20.4 Å². The number of ether oxygens (including phenoxy) is 1. The van der Waals surface area contributed by atoms with Gasteiger partial charge in [-0.3, -0.25) is 4.98 Å². The number of hydrogen-bond acceptors (Lipinski definition) is 4. The lowest BCUT2D eigenvalue weighted by Crippen LogP contribution is -2.15. The van der Waals surface area contributed by atoms with Gasteiger partial charge in [0.15, 0.2) is 0 Å². The molecule has 0 radical (unpaired) electrons. The monoisotopic (exact) mass is 271 g/mol. The molecule has 0 saturated heterocycles. The molecule has 4 nitrogen and oxygen atoms in total. The number of anilines is 2. The fourth-order valence-corrected chi connectivity index (χ4v) is 2.33. The molecule has 0 aliphatic heterocycles. The summed E-state index contributed by atoms with van der Waals surface area (Å²) in [6.07, 6.45) is 0. The van der Waals surface area contributed by atoms with Crippen LogP contribution in [0.2, 0.25) is 0 Å². The largest absolute Gasteiger partial charge is 0.497 e. The zero-order chi connectivity index (χ0) is 14.7. The Hall–Kier alpha value is -2.07. The molecular formula is C16H21N3O. The van der Waals surface area contributed by atoms with Crippen LogP contribution in [0.3, 0.4) is 0 Å². The minimum Gasteiger partial charge on any atom is -0.497 e. The maximum Gasteiger partial charge on any atom is 0.119 e. The maximum atomic E-state index is 5.88. The van der Waals surface area contributed by atoms with Gasteiger partial charge in [0.2, 0.25) is 0 Å². The van der Waals surface area contributed by atoms with Crippen LogP contribution in [-0.4, -0.2) is 19.1 Å². The average molecular weight is 271 g/mol. The molecule has 0 aliphatic rings. The third-order valence-corrected chi connectivity index (χ3v) is 3.46. The topological polar surface area (TPSA) is 51.4 Å². The summed E-state index contributed by atoms with van der Waals surface area (Å²) in [5, 5.41) is 0. The second-order valence-corrected chi connectivity index (χ2v) is 4.81. The Morgan fingerprint density at radius 1 is 1.20 bits per heavy atom. The number of benzene rings is 1. The molecule has 0 unspecified atom stereocenters. The zero-order valence-electron chi connectivity index (χ0n) is 12.5. The summed E-state index contributed by atoms with van der Waals surface area (Å²) < 4.78 is 5.19. The summed E-state index contributed by atoms with van der Waals surface area (Å²) in [6, 6.07) is 10.0. The van der Waals surface area contributed by atoms with E-state index in [1.165, 1.54) is 0 Å². The summed E-state index contributed by atoms with van der Waals surface area (Å²) in [7, 11) is 3.70. The van der Waals surface area contributed by atoms with E-state index in [-0.39, 0.29) is 0 Å². The second kappa shape index (κ2) is 5.92. The van der Waals surface area contributed by atoms with Crippen molar-refractivity contribution in [1.29, 1.82) is 0 Å². The number of rotatable bonds is 4. The Kier molecular flexibility index (Phi) is 4.25. The van der Waals surface area contributed by atoms with E-state index in [0.717, 1.165) is 34.1 Å². The predicted octanol–water partition coefficient (Wildman–Crippen LogP) is 2.93. The van der Waals surface area contributed by atoms with Gasteiger partial charge in [-0.25, -0.2) is 0 Å². The molecule has 1 aromatic heterocycles. The van der Waals surface area contributed by atoms with Crippen molar-refractivity contribution in [3.8, 4) is 5.75 Å². The Balaban J connectivity index is 2.43. The average Bonchev–Trinajstić information content (AvgIpc) is 2.46. The fraction of sp³-hybridized carbons (Fsp3) is 0.312. The van der Waals surface area contributed by atoms with Gasteiger partial charge in [-0.2, -0.15) is 0 Å². The second-order valence-electron chi connectivity index (χ2n) is 4.81. The van der Waals surface area contributed by atoms with Gasteiger partial charge in [-0.05, 0) is 44.2 Å². The van der Waals surface area contributed by atoms with Gasteiger partial charge < -0.3 is 15.4 Å². The van der Waals surface area contributed by atoms with Crippen LogP contribution in [0.1, 0.15) is 17.0 Å². The maximum absolute atomic E-state index is 5.88. The number of methoxy groups -OCH3 is 1. The predicted molar refractivity (Wildman–Crippen MR) is 82.7 cm³/mol. The van der Waals surface area contributed by atoms with E-state index in [2.05, 4.69) is 16.0 Å². The van der Waals surface area contributed by atoms with Crippen LogP contribution < -0.4 is 15.4 Å². The molecule has 2 rings (SSSR count). The van der Waals surface area contributed by atoms with Crippen molar-refractivity contribution in [3.05, 3.63) is 47.3 Å². The first-order valence-electron chi connectivity index (χ1n) is 6.61. The van der Waals surface area contributed by atoms with Crippen molar-refractivity contribution >= 4 is 11.4 Å². The number of pyridine rings is 1. The van der Waals surface area contributed by atoms with Gasteiger partial charge in [0.05, 0.1) is 7.11 Å². The lowest BCUT2D eigenvalue weighted by molar-refractivity contribution is 0.415. The molecule has 1 heterocycles. The van der Waals surface area contributed by atoms with Gasteiger partial charge >= 0.3 is 0 Å². The van der Waals surface area contributed by atoms with Gasteiger partial charge in [0.1, 0.15) is 5.75 Å². The number of nitrogens with zero attached hydrogens (tertiary/aromatic N) is 2. The summed E-state index contributed by atoms with van der Waals surface area (Å²) >= 11 is 0.